The van der Waals surface area contributed by atoms with E-state index >= 15 is 0 Å². The highest BCUT2D eigenvalue weighted by Gasteiger charge is 2.04. The van der Waals surface area contributed by atoms with Crippen LogP contribution in [0.4, 0.5) is 22.7 Å². The number of amides is 1. The molecule has 0 radical (unpaired) electrons. The number of rotatable bonds is 3. The predicted octanol–water partition coefficient (Wildman–Crippen LogP) is 4.30. The number of azo groups is 1. The van der Waals surface area contributed by atoms with Crippen molar-refractivity contribution in [3.8, 4) is 0 Å². The van der Waals surface area contributed by atoms with Crippen molar-refractivity contribution >= 4 is 40.3 Å². The summed E-state index contributed by atoms with van der Waals surface area (Å²) in [5.41, 5.74) is 7.95. The molecule has 1 amide bonds. The van der Waals surface area contributed by atoms with Gasteiger partial charge in [0.2, 0.25) is 5.91 Å². The maximum absolute atomic E-state index is 11.1. The number of nitrogens with one attached hydrogen (secondary N) is 1. The number of carbonyl (C=O) groups is 1. The Labute approximate surface area is 121 Å². The molecule has 0 saturated heterocycles. The molecule has 2 aromatic rings. The van der Waals surface area contributed by atoms with E-state index in [1.165, 1.54) is 6.92 Å². The molecule has 102 valence electrons. The lowest BCUT2D eigenvalue weighted by Gasteiger charge is -2.06. The molecule has 2 aromatic carbocycles. The van der Waals surface area contributed by atoms with Crippen molar-refractivity contribution in [2.75, 3.05) is 11.1 Å². The van der Waals surface area contributed by atoms with Crippen molar-refractivity contribution in [1.29, 1.82) is 0 Å². The first-order chi connectivity index (χ1) is 9.54. The predicted molar refractivity (Wildman–Crippen MR) is 80.8 cm³/mol. The molecule has 0 aromatic heterocycles. The van der Waals surface area contributed by atoms with Gasteiger partial charge in [-0.3, -0.25) is 4.79 Å². The molecule has 5 nitrogen and oxygen atoms in total. The van der Waals surface area contributed by atoms with Gasteiger partial charge in [-0.2, -0.15) is 5.11 Å². The van der Waals surface area contributed by atoms with E-state index < -0.39 is 0 Å². The molecule has 0 aliphatic heterocycles. The van der Waals surface area contributed by atoms with E-state index in [2.05, 4.69) is 15.5 Å². The summed E-state index contributed by atoms with van der Waals surface area (Å²) in [5, 5.41) is 11.5. The van der Waals surface area contributed by atoms with Gasteiger partial charge in [-0.15, -0.1) is 5.11 Å². The third kappa shape index (κ3) is 3.80. The molecular formula is C14H13ClN4O. The van der Waals surface area contributed by atoms with Gasteiger partial charge in [0, 0.05) is 17.6 Å². The Kier molecular flexibility index (Phi) is 4.32. The topological polar surface area (TPSA) is 79.8 Å². The summed E-state index contributed by atoms with van der Waals surface area (Å²) < 4.78 is 0. The van der Waals surface area contributed by atoms with Crippen LogP contribution in [0.5, 0.6) is 0 Å². The summed E-state index contributed by atoms with van der Waals surface area (Å²) in [5.74, 6) is -0.196. The van der Waals surface area contributed by atoms with Gasteiger partial charge < -0.3 is 11.1 Å². The van der Waals surface area contributed by atoms with Crippen molar-refractivity contribution in [3.05, 3.63) is 47.5 Å². The molecule has 2 rings (SSSR count). The molecule has 3 N–H and O–H groups in total. The van der Waals surface area contributed by atoms with E-state index in [9.17, 15) is 4.79 Å². The molecule has 0 bridgehead atoms. The quantitative estimate of drug-likeness (QED) is 0.652. The summed E-state index contributed by atoms with van der Waals surface area (Å²) in [6.07, 6.45) is 0. The Bertz CT molecular complexity index is 653. The maximum Gasteiger partial charge on any atom is 0.221 e. The summed E-state index contributed by atoms with van der Waals surface area (Å²) in [4.78, 5) is 11.1. The zero-order valence-electron chi connectivity index (χ0n) is 10.8. The maximum atomic E-state index is 11.1. The van der Waals surface area contributed by atoms with Crippen LogP contribution in [0.2, 0.25) is 5.02 Å². The van der Waals surface area contributed by atoms with Crippen molar-refractivity contribution < 1.29 is 4.79 Å². The van der Waals surface area contributed by atoms with Crippen LogP contribution < -0.4 is 11.1 Å². The van der Waals surface area contributed by atoms with Gasteiger partial charge in [0.05, 0.1) is 11.4 Å². The van der Waals surface area contributed by atoms with Crippen LogP contribution in [0.1, 0.15) is 6.92 Å². The Morgan fingerprint density at radius 1 is 1.15 bits per heavy atom. The monoisotopic (exact) mass is 288 g/mol. The molecular weight excluding hydrogens is 276 g/mol. The Balaban J connectivity index is 2.28. The SMILES string of the molecule is CC(=O)Nc1cc(N)ccc1N=Nc1ccc(Cl)cc1. The normalized spacial score (nSPS) is 10.7. The van der Waals surface area contributed by atoms with E-state index in [-0.39, 0.29) is 5.91 Å². The number of anilines is 2. The smallest absolute Gasteiger partial charge is 0.221 e. The Hall–Kier alpha value is -2.40. The van der Waals surface area contributed by atoms with Gasteiger partial charge in [0.25, 0.3) is 0 Å². The van der Waals surface area contributed by atoms with E-state index in [4.69, 9.17) is 17.3 Å². The largest absolute Gasteiger partial charge is 0.399 e. The van der Waals surface area contributed by atoms with Crippen LogP contribution in [0.25, 0.3) is 0 Å². The van der Waals surface area contributed by atoms with Crippen LogP contribution in [-0.4, -0.2) is 5.91 Å². The third-order valence-electron chi connectivity index (χ3n) is 2.43. The molecule has 0 spiro atoms. The number of halogens is 1. The van der Waals surface area contributed by atoms with Crippen molar-refractivity contribution in [3.63, 3.8) is 0 Å². The highest BCUT2D eigenvalue weighted by atomic mass is 35.5. The number of nitrogens with zero attached hydrogens (tertiary/aromatic N) is 2. The average molecular weight is 289 g/mol. The molecule has 0 aliphatic rings. The summed E-state index contributed by atoms with van der Waals surface area (Å²) in [7, 11) is 0. The van der Waals surface area contributed by atoms with Crippen LogP contribution in [0, 0.1) is 0 Å². The first-order valence-electron chi connectivity index (χ1n) is 5.89. The molecule has 6 heteroatoms. The lowest BCUT2D eigenvalue weighted by atomic mass is 10.2. The van der Waals surface area contributed by atoms with Gasteiger partial charge in [-0.25, -0.2) is 0 Å². The number of nitrogens with two attached hydrogens (primary N) is 1. The Morgan fingerprint density at radius 2 is 1.85 bits per heavy atom. The lowest BCUT2D eigenvalue weighted by molar-refractivity contribution is -0.114. The second-order valence-electron chi connectivity index (χ2n) is 4.13. The van der Waals surface area contributed by atoms with Gasteiger partial charge >= 0.3 is 0 Å². The zero-order chi connectivity index (χ0) is 14.5. The fourth-order valence-corrected chi connectivity index (χ4v) is 1.68. The fourth-order valence-electron chi connectivity index (χ4n) is 1.55. The van der Waals surface area contributed by atoms with Gasteiger partial charge in [0.15, 0.2) is 0 Å². The molecule has 0 unspecified atom stereocenters. The average Bonchev–Trinajstić information content (AvgIpc) is 2.39. The van der Waals surface area contributed by atoms with E-state index in [0.717, 1.165) is 0 Å². The summed E-state index contributed by atoms with van der Waals surface area (Å²) in [6, 6.07) is 12.0. The minimum Gasteiger partial charge on any atom is -0.399 e. The molecule has 20 heavy (non-hydrogen) atoms. The van der Waals surface area contributed by atoms with Crippen LogP contribution in [0.3, 0.4) is 0 Å². The number of carbonyl (C=O) groups excluding carboxylic acids is 1. The van der Waals surface area contributed by atoms with Crippen LogP contribution in [0.15, 0.2) is 52.7 Å². The highest BCUT2D eigenvalue weighted by Crippen LogP contribution is 2.29. The standard InChI is InChI=1S/C14H13ClN4O/c1-9(20)17-14-8-11(16)4-7-13(14)19-18-12-5-2-10(15)3-6-12/h2-8H,16H2,1H3,(H,17,20). The van der Waals surface area contributed by atoms with Crippen molar-refractivity contribution in [2.24, 2.45) is 10.2 Å². The Morgan fingerprint density at radius 3 is 2.50 bits per heavy atom. The first kappa shape index (κ1) is 14.0. The van der Waals surface area contributed by atoms with Crippen molar-refractivity contribution in [2.45, 2.75) is 6.92 Å². The number of hydrogen-bond acceptors (Lipinski definition) is 4. The van der Waals surface area contributed by atoms with E-state index in [1.54, 1.807) is 42.5 Å². The molecule has 0 saturated carbocycles. The minimum atomic E-state index is -0.196. The number of benzene rings is 2. The minimum absolute atomic E-state index is 0.196. The second kappa shape index (κ2) is 6.16. The summed E-state index contributed by atoms with van der Waals surface area (Å²) >= 11 is 5.80. The lowest BCUT2D eigenvalue weighted by Crippen LogP contribution is -2.06. The van der Waals surface area contributed by atoms with Gasteiger partial charge in [-0.05, 0) is 42.5 Å². The summed E-state index contributed by atoms with van der Waals surface area (Å²) in [6.45, 7) is 1.42. The molecule has 0 heterocycles. The van der Waals surface area contributed by atoms with Crippen LogP contribution >= 0.6 is 11.6 Å². The van der Waals surface area contributed by atoms with E-state index in [0.29, 0.717) is 27.8 Å². The third-order valence-corrected chi connectivity index (χ3v) is 2.68. The second-order valence-corrected chi connectivity index (χ2v) is 4.57. The number of nitrogen functional groups attached to an aromatic ring is 1. The van der Waals surface area contributed by atoms with E-state index in [1.807, 2.05) is 0 Å². The molecule has 0 fully saturated rings. The zero-order valence-corrected chi connectivity index (χ0v) is 11.6. The number of hydrogen-bond donors (Lipinski definition) is 2. The van der Waals surface area contributed by atoms with Crippen LogP contribution in [-0.2, 0) is 4.79 Å². The first-order valence-corrected chi connectivity index (χ1v) is 6.27. The molecule has 0 aliphatic carbocycles. The van der Waals surface area contributed by atoms with Gasteiger partial charge in [-0.1, -0.05) is 11.6 Å². The molecule has 0 atom stereocenters. The highest BCUT2D eigenvalue weighted by molar-refractivity contribution is 6.30. The van der Waals surface area contributed by atoms with Gasteiger partial charge in [0.1, 0.15) is 5.69 Å². The van der Waals surface area contributed by atoms with Crippen molar-refractivity contribution in [1.82, 2.24) is 0 Å². The fraction of sp³-hybridized carbons (Fsp3) is 0.0714.